The van der Waals surface area contributed by atoms with Gasteiger partial charge in [-0.05, 0) is 32.0 Å². The number of hydrogen-bond acceptors (Lipinski definition) is 4. The summed E-state index contributed by atoms with van der Waals surface area (Å²) >= 11 is 6.20. The van der Waals surface area contributed by atoms with E-state index in [-0.39, 0.29) is 10.6 Å². The molecule has 116 valence electrons. The van der Waals surface area contributed by atoms with Crippen LogP contribution in [-0.4, -0.2) is 35.5 Å². The maximum atomic E-state index is 11.2. The first-order valence-corrected chi connectivity index (χ1v) is 7.87. The van der Waals surface area contributed by atoms with Crippen LogP contribution < -0.4 is 5.32 Å². The lowest BCUT2D eigenvalue weighted by Crippen LogP contribution is -2.45. The number of benzene rings is 1. The van der Waals surface area contributed by atoms with Gasteiger partial charge in [0.1, 0.15) is 0 Å². The Labute approximate surface area is 130 Å². The summed E-state index contributed by atoms with van der Waals surface area (Å²) in [5, 5.41) is 15.0. The zero-order valence-electron chi connectivity index (χ0n) is 12.3. The average Bonchev–Trinajstić information content (AvgIpc) is 2.48. The Balaban J connectivity index is 2.17. The zero-order chi connectivity index (χ0) is 15.2. The van der Waals surface area contributed by atoms with E-state index in [9.17, 15) is 10.1 Å². The van der Waals surface area contributed by atoms with Gasteiger partial charge in [-0.15, -0.1) is 0 Å². The second-order valence-electron chi connectivity index (χ2n) is 5.42. The van der Waals surface area contributed by atoms with Gasteiger partial charge in [0, 0.05) is 25.2 Å². The molecule has 0 aliphatic carbocycles. The largest absolute Gasteiger partial charge is 0.315 e. The summed E-state index contributed by atoms with van der Waals surface area (Å²) in [5.74, 6) is 0. The molecule has 0 radical (unpaired) electrons. The normalized spacial score (nSPS) is 19.6. The van der Waals surface area contributed by atoms with Gasteiger partial charge in [-0.2, -0.15) is 0 Å². The highest BCUT2D eigenvalue weighted by Crippen LogP contribution is 2.29. The maximum absolute atomic E-state index is 11.2. The summed E-state index contributed by atoms with van der Waals surface area (Å²) < 4.78 is 0. The van der Waals surface area contributed by atoms with Crippen molar-refractivity contribution in [3.05, 3.63) is 38.9 Å². The summed E-state index contributed by atoms with van der Waals surface area (Å²) in [5.41, 5.74) is 0.753. The number of nitro groups is 1. The molecule has 1 fully saturated rings. The number of hydrogen-bond donors (Lipinski definition) is 1. The number of nitrogens with one attached hydrogen (secondary N) is 1. The minimum absolute atomic E-state index is 0.121. The van der Waals surface area contributed by atoms with Crippen molar-refractivity contribution in [2.45, 2.75) is 38.8 Å². The predicted molar refractivity (Wildman–Crippen MR) is 84.7 cm³/mol. The summed E-state index contributed by atoms with van der Waals surface area (Å²) in [6.45, 7) is 5.47. The molecule has 1 aliphatic heterocycles. The second-order valence-corrected chi connectivity index (χ2v) is 5.83. The van der Waals surface area contributed by atoms with Gasteiger partial charge < -0.3 is 5.32 Å². The van der Waals surface area contributed by atoms with Crippen LogP contribution in [0.2, 0.25) is 5.02 Å². The first-order valence-electron chi connectivity index (χ1n) is 7.50. The third-order valence-electron chi connectivity index (χ3n) is 4.03. The van der Waals surface area contributed by atoms with E-state index in [0.717, 1.165) is 32.5 Å². The zero-order valence-corrected chi connectivity index (χ0v) is 13.1. The summed E-state index contributed by atoms with van der Waals surface area (Å²) in [7, 11) is 0. The highest BCUT2D eigenvalue weighted by atomic mass is 35.5. The van der Waals surface area contributed by atoms with Gasteiger partial charge in [-0.1, -0.05) is 31.0 Å². The van der Waals surface area contributed by atoms with Crippen molar-refractivity contribution in [1.29, 1.82) is 0 Å². The minimum Gasteiger partial charge on any atom is -0.315 e. The fourth-order valence-electron chi connectivity index (χ4n) is 2.89. The van der Waals surface area contributed by atoms with E-state index in [4.69, 9.17) is 11.6 Å². The van der Waals surface area contributed by atoms with Crippen molar-refractivity contribution in [3.63, 3.8) is 0 Å². The van der Waals surface area contributed by atoms with Crippen LogP contribution >= 0.6 is 11.6 Å². The lowest BCUT2D eigenvalue weighted by molar-refractivity contribution is -0.385. The Morgan fingerprint density at radius 3 is 3.00 bits per heavy atom. The van der Waals surface area contributed by atoms with Gasteiger partial charge in [-0.3, -0.25) is 15.0 Å². The fraction of sp³-hybridized carbons (Fsp3) is 0.600. The Morgan fingerprint density at radius 2 is 2.29 bits per heavy atom. The molecule has 0 spiro atoms. The van der Waals surface area contributed by atoms with Crippen LogP contribution in [0.15, 0.2) is 18.2 Å². The minimum atomic E-state index is -0.343. The third-order valence-corrected chi connectivity index (χ3v) is 4.39. The Bertz CT molecular complexity index is 496. The van der Waals surface area contributed by atoms with Crippen LogP contribution in [0.25, 0.3) is 0 Å². The Kier molecular flexibility index (Phi) is 5.96. The van der Waals surface area contributed by atoms with E-state index in [1.54, 1.807) is 12.1 Å². The molecule has 0 saturated carbocycles. The molecule has 1 heterocycles. The van der Waals surface area contributed by atoms with Crippen molar-refractivity contribution < 1.29 is 4.92 Å². The van der Waals surface area contributed by atoms with Crippen molar-refractivity contribution in [1.82, 2.24) is 10.2 Å². The molecule has 1 N–H and O–H groups in total. The maximum Gasteiger partial charge on any atom is 0.275 e. The lowest BCUT2D eigenvalue weighted by atomic mass is 10.0. The van der Waals surface area contributed by atoms with Crippen molar-refractivity contribution in [2.75, 3.05) is 19.6 Å². The van der Waals surface area contributed by atoms with Crippen LogP contribution in [0.1, 0.15) is 31.7 Å². The Morgan fingerprint density at radius 1 is 1.48 bits per heavy atom. The van der Waals surface area contributed by atoms with Gasteiger partial charge in [0.05, 0.1) is 15.5 Å². The van der Waals surface area contributed by atoms with E-state index in [2.05, 4.69) is 17.1 Å². The smallest absolute Gasteiger partial charge is 0.275 e. The average molecular weight is 312 g/mol. The van der Waals surface area contributed by atoms with Crippen molar-refractivity contribution >= 4 is 17.3 Å². The van der Waals surface area contributed by atoms with Gasteiger partial charge in [0.2, 0.25) is 0 Å². The van der Waals surface area contributed by atoms with E-state index >= 15 is 0 Å². The van der Waals surface area contributed by atoms with Crippen LogP contribution in [0.3, 0.4) is 0 Å². The molecule has 1 aliphatic rings. The molecule has 0 aromatic heterocycles. The number of nitro benzene ring substituents is 1. The van der Waals surface area contributed by atoms with Crippen LogP contribution in [0, 0.1) is 10.1 Å². The molecule has 1 atom stereocenters. The highest BCUT2D eigenvalue weighted by Gasteiger charge is 2.26. The van der Waals surface area contributed by atoms with Crippen LogP contribution in [0.4, 0.5) is 5.69 Å². The first kappa shape index (κ1) is 16.2. The molecule has 6 heteroatoms. The quantitative estimate of drug-likeness (QED) is 0.647. The van der Waals surface area contributed by atoms with Crippen LogP contribution in [-0.2, 0) is 6.54 Å². The van der Waals surface area contributed by atoms with Crippen molar-refractivity contribution in [3.8, 4) is 0 Å². The lowest BCUT2D eigenvalue weighted by Gasteiger charge is -2.36. The van der Waals surface area contributed by atoms with E-state index in [1.165, 1.54) is 12.5 Å². The monoisotopic (exact) mass is 311 g/mol. The summed E-state index contributed by atoms with van der Waals surface area (Å²) in [6.07, 6.45) is 3.49. The summed E-state index contributed by atoms with van der Waals surface area (Å²) in [6, 6.07) is 5.32. The molecule has 21 heavy (non-hydrogen) atoms. The molecular weight excluding hydrogens is 290 g/mol. The molecule has 1 aromatic carbocycles. The van der Waals surface area contributed by atoms with E-state index < -0.39 is 0 Å². The molecule has 1 aromatic rings. The van der Waals surface area contributed by atoms with E-state index in [0.29, 0.717) is 23.2 Å². The fourth-order valence-corrected chi connectivity index (χ4v) is 3.12. The van der Waals surface area contributed by atoms with Gasteiger partial charge in [0.15, 0.2) is 0 Å². The SMILES string of the molecule is CCNCC1CCCCN1Cc1c(Cl)cccc1[N+](=O)[O-]. The number of halogens is 1. The number of rotatable bonds is 6. The predicted octanol–water partition coefficient (Wildman–Crippen LogP) is 3.21. The molecule has 0 bridgehead atoms. The standard InChI is InChI=1S/C15H22ClN3O2/c1-2-17-10-12-6-3-4-9-18(12)11-13-14(16)7-5-8-15(13)19(20)21/h5,7-8,12,17H,2-4,6,9-11H2,1H3. The topological polar surface area (TPSA) is 58.4 Å². The highest BCUT2D eigenvalue weighted by molar-refractivity contribution is 6.31. The van der Waals surface area contributed by atoms with Gasteiger partial charge in [-0.25, -0.2) is 0 Å². The number of likely N-dealkylation sites (N-methyl/N-ethyl adjacent to an activating group) is 1. The van der Waals surface area contributed by atoms with Gasteiger partial charge in [0.25, 0.3) is 5.69 Å². The third kappa shape index (κ3) is 4.15. The van der Waals surface area contributed by atoms with Crippen molar-refractivity contribution in [2.24, 2.45) is 0 Å². The van der Waals surface area contributed by atoms with E-state index in [1.807, 2.05) is 0 Å². The molecule has 0 amide bonds. The molecule has 2 rings (SSSR count). The van der Waals surface area contributed by atoms with Crippen LogP contribution in [0.5, 0.6) is 0 Å². The molecule has 1 unspecified atom stereocenters. The Hall–Kier alpha value is -1.17. The number of nitrogens with zero attached hydrogens (tertiary/aromatic N) is 2. The number of piperidine rings is 1. The summed E-state index contributed by atoms with van der Waals surface area (Å²) in [4.78, 5) is 13.2. The van der Waals surface area contributed by atoms with Gasteiger partial charge >= 0.3 is 0 Å². The molecule has 5 nitrogen and oxygen atoms in total. The number of likely N-dealkylation sites (tertiary alicyclic amines) is 1. The molecular formula is C15H22ClN3O2. The first-order chi connectivity index (χ1) is 10.1. The molecule has 1 saturated heterocycles. The second kappa shape index (κ2) is 7.73.